The summed E-state index contributed by atoms with van der Waals surface area (Å²) in [6.07, 6.45) is 3.56. The van der Waals surface area contributed by atoms with Crippen molar-refractivity contribution in [2.45, 2.75) is 5.75 Å². The molecule has 1 heterocycles. The molecule has 0 atom stereocenters. The maximum Gasteiger partial charge on any atom is 0.230 e. The van der Waals surface area contributed by atoms with Gasteiger partial charge in [0.05, 0.1) is 12.7 Å². The molecule has 3 rings (SSSR count). The normalized spacial score (nSPS) is 10.5. The molecule has 2 aromatic carbocycles. The first-order chi connectivity index (χ1) is 12.2. The van der Waals surface area contributed by atoms with E-state index in [1.165, 1.54) is 11.9 Å². The number of aromatic nitrogens is 3. The molecule has 5 nitrogen and oxygen atoms in total. The molecule has 0 aliphatic rings. The number of rotatable bonds is 6. The Morgan fingerprint density at radius 2 is 2.04 bits per heavy atom. The fraction of sp³-hybridized carbons (Fsp3) is 0.167. The molecule has 0 saturated heterocycles. The molecular weight excluding hydrogens is 356 g/mol. The number of anilines is 2. The predicted octanol–water partition coefficient (Wildman–Crippen LogP) is 4.81. The van der Waals surface area contributed by atoms with Gasteiger partial charge in [-0.15, -0.1) is 0 Å². The molecule has 0 bridgehead atoms. The highest BCUT2D eigenvalue weighted by Gasteiger charge is 2.11. The van der Waals surface area contributed by atoms with E-state index in [2.05, 4.69) is 38.7 Å². The van der Waals surface area contributed by atoms with Crippen molar-refractivity contribution >= 4 is 35.0 Å². The Hall–Kier alpha value is -2.31. The SMILES string of the molecule is COc1cc(Cl)ccc1-c1ncnc(Nc2cccc(CSC)c2)n1. The van der Waals surface area contributed by atoms with Crippen molar-refractivity contribution in [3.05, 3.63) is 59.4 Å². The van der Waals surface area contributed by atoms with Crippen LogP contribution in [0.4, 0.5) is 11.6 Å². The lowest BCUT2D eigenvalue weighted by atomic mass is 10.2. The van der Waals surface area contributed by atoms with Crippen molar-refractivity contribution in [2.24, 2.45) is 0 Å². The third kappa shape index (κ3) is 4.41. The quantitative estimate of drug-likeness (QED) is 0.670. The number of methoxy groups -OCH3 is 1. The summed E-state index contributed by atoms with van der Waals surface area (Å²) in [4.78, 5) is 12.9. The summed E-state index contributed by atoms with van der Waals surface area (Å²) in [5.41, 5.74) is 2.94. The summed E-state index contributed by atoms with van der Waals surface area (Å²) in [5, 5.41) is 3.82. The van der Waals surface area contributed by atoms with E-state index < -0.39 is 0 Å². The van der Waals surface area contributed by atoms with Crippen LogP contribution in [0, 0.1) is 0 Å². The van der Waals surface area contributed by atoms with Gasteiger partial charge in [0, 0.05) is 16.5 Å². The summed E-state index contributed by atoms with van der Waals surface area (Å²) in [5.74, 6) is 2.57. The highest BCUT2D eigenvalue weighted by Crippen LogP contribution is 2.30. The fourth-order valence-corrected chi connectivity index (χ4v) is 3.05. The largest absolute Gasteiger partial charge is 0.496 e. The van der Waals surface area contributed by atoms with Crippen molar-refractivity contribution in [2.75, 3.05) is 18.7 Å². The predicted molar refractivity (Wildman–Crippen MR) is 104 cm³/mol. The van der Waals surface area contributed by atoms with Gasteiger partial charge in [-0.05, 0) is 42.2 Å². The lowest BCUT2D eigenvalue weighted by Crippen LogP contribution is -2.01. The van der Waals surface area contributed by atoms with Crippen molar-refractivity contribution in [3.8, 4) is 17.1 Å². The number of hydrogen-bond acceptors (Lipinski definition) is 6. The van der Waals surface area contributed by atoms with Gasteiger partial charge < -0.3 is 10.1 Å². The lowest BCUT2D eigenvalue weighted by molar-refractivity contribution is 0.416. The number of thioether (sulfide) groups is 1. The fourth-order valence-electron chi connectivity index (χ4n) is 2.37. The highest BCUT2D eigenvalue weighted by atomic mass is 35.5. The van der Waals surface area contributed by atoms with Crippen LogP contribution in [0.25, 0.3) is 11.4 Å². The van der Waals surface area contributed by atoms with Crippen LogP contribution < -0.4 is 10.1 Å². The van der Waals surface area contributed by atoms with Crippen LogP contribution in [0.15, 0.2) is 48.8 Å². The van der Waals surface area contributed by atoms with Gasteiger partial charge in [-0.1, -0.05) is 23.7 Å². The first-order valence-electron chi connectivity index (χ1n) is 7.57. The van der Waals surface area contributed by atoms with Gasteiger partial charge >= 0.3 is 0 Å². The summed E-state index contributed by atoms with van der Waals surface area (Å²) in [6, 6.07) is 13.5. The molecule has 0 spiro atoms. The van der Waals surface area contributed by atoms with E-state index in [1.807, 2.05) is 18.2 Å². The van der Waals surface area contributed by atoms with Crippen LogP contribution in [-0.2, 0) is 5.75 Å². The Morgan fingerprint density at radius 1 is 1.16 bits per heavy atom. The molecule has 0 aliphatic carbocycles. The summed E-state index contributed by atoms with van der Waals surface area (Å²) < 4.78 is 5.37. The Bertz CT molecular complexity index is 875. The minimum absolute atomic E-state index is 0.475. The molecule has 128 valence electrons. The molecule has 0 unspecified atom stereocenters. The zero-order valence-corrected chi connectivity index (χ0v) is 15.4. The Kier molecular flexibility index (Phi) is 5.73. The molecular formula is C18H17ClN4OS. The molecule has 0 saturated carbocycles. The topological polar surface area (TPSA) is 59.9 Å². The van der Waals surface area contributed by atoms with Crippen LogP contribution in [-0.4, -0.2) is 28.3 Å². The average Bonchev–Trinajstić information content (AvgIpc) is 2.62. The van der Waals surface area contributed by atoms with E-state index in [0.717, 1.165) is 17.0 Å². The van der Waals surface area contributed by atoms with Crippen molar-refractivity contribution in [1.82, 2.24) is 15.0 Å². The van der Waals surface area contributed by atoms with Gasteiger partial charge in [0.25, 0.3) is 0 Å². The number of halogens is 1. The maximum atomic E-state index is 6.01. The van der Waals surface area contributed by atoms with E-state index in [0.29, 0.717) is 22.5 Å². The van der Waals surface area contributed by atoms with Gasteiger partial charge in [-0.3, -0.25) is 0 Å². The minimum atomic E-state index is 0.475. The van der Waals surface area contributed by atoms with Crippen molar-refractivity contribution in [1.29, 1.82) is 0 Å². The van der Waals surface area contributed by atoms with E-state index in [1.54, 1.807) is 31.0 Å². The molecule has 0 aliphatic heterocycles. The number of ether oxygens (including phenoxy) is 1. The smallest absolute Gasteiger partial charge is 0.230 e. The maximum absolute atomic E-state index is 6.01. The third-order valence-corrected chi connectivity index (χ3v) is 4.33. The van der Waals surface area contributed by atoms with Gasteiger partial charge in [-0.25, -0.2) is 9.97 Å². The monoisotopic (exact) mass is 372 g/mol. The average molecular weight is 373 g/mol. The summed E-state index contributed by atoms with van der Waals surface area (Å²) >= 11 is 7.80. The second-order valence-corrected chi connectivity index (χ2v) is 6.54. The van der Waals surface area contributed by atoms with Gasteiger partial charge in [-0.2, -0.15) is 16.7 Å². The standard InChI is InChI=1S/C18H17ClN4OS/c1-24-16-9-13(19)6-7-15(16)17-20-11-21-18(23-17)22-14-5-3-4-12(8-14)10-25-2/h3-9,11H,10H2,1-2H3,(H,20,21,22,23). The van der Waals surface area contributed by atoms with Crippen LogP contribution in [0.5, 0.6) is 5.75 Å². The molecule has 0 fully saturated rings. The number of nitrogens with zero attached hydrogens (tertiary/aromatic N) is 3. The highest BCUT2D eigenvalue weighted by molar-refractivity contribution is 7.97. The number of benzene rings is 2. The van der Waals surface area contributed by atoms with Crippen LogP contribution >= 0.6 is 23.4 Å². The second kappa shape index (κ2) is 8.18. The molecule has 1 aromatic heterocycles. The second-order valence-electron chi connectivity index (χ2n) is 5.24. The molecule has 1 N–H and O–H groups in total. The third-order valence-electron chi connectivity index (χ3n) is 3.47. The lowest BCUT2D eigenvalue weighted by Gasteiger charge is -2.10. The van der Waals surface area contributed by atoms with Gasteiger partial charge in [0.1, 0.15) is 12.1 Å². The first-order valence-corrected chi connectivity index (χ1v) is 9.34. The van der Waals surface area contributed by atoms with Crippen LogP contribution in [0.3, 0.4) is 0 Å². The van der Waals surface area contributed by atoms with E-state index in [9.17, 15) is 0 Å². The molecule has 25 heavy (non-hydrogen) atoms. The first kappa shape index (κ1) is 17.5. The van der Waals surface area contributed by atoms with E-state index in [4.69, 9.17) is 16.3 Å². The van der Waals surface area contributed by atoms with E-state index in [-0.39, 0.29) is 0 Å². The zero-order valence-electron chi connectivity index (χ0n) is 13.9. The molecule has 0 radical (unpaired) electrons. The number of hydrogen-bond donors (Lipinski definition) is 1. The van der Waals surface area contributed by atoms with Gasteiger partial charge in [0.15, 0.2) is 5.82 Å². The Labute approximate surface area is 155 Å². The minimum Gasteiger partial charge on any atom is -0.496 e. The van der Waals surface area contributed by atoms with Gasteiger partial charge in [0.2, 0.25) is 5.95 Å². The Morgan fingerprint density at radius 3 is 2.84 bits per heavy atom. The Balaban J connectivity index is 1.88. The summed E-state index contributed by atoms with van der Waals surface area (Å²) in [7, 11) is 1.59. The van der Waals surface area contributed by atoms with Crippen LogP contribution in [0.2, 0.25) is 5.02 Å². The van der Waals surface area contributed by atoms with Crippen molar-refractivity contribution in [3.63, 3.8) is 0 Å². The number of nitrogens with one attached hydrogen (secondary N) is 1. The zero-order chi connectivity index (χ0) is 17.6. The van der Waals surface area contributed by atoms with E-state index >= 15 is 0 Å². The molecule has 3 aromatic rings. The molecule has 0 amide bonds. The van der Waals surface area contributed by atoms with Crippen LogP contribution in [0.1, 0.15) is 5.56 Å². The van der Waals surface area contributed by atoms with Crippen molar-refractivity contribution < 1.29 is 4.74 Å². The summed E-state index contributed by atoms with van der Waals surface area (Å²) in [6.45, 7) is 0. The molecule has 7 heteroatoms.